The molecule has 1 N–H and O–H groups in total. The second-order valence-corrected chi connectivity index (χ2v) is 7.71. The van der Waals surface area contributed by atoms with Gasteiger partial charge in [-0.2, -0.15) is 0 Å². The largest absolute Gasteiger partial charge is 0.496 e. The topological polar surface area (TPSA) is 39.7 Å². The van der Waals surface area contributed by atoms with E-state index in [1.165, 1.54) is 5.56 Å². The van der Waals surface area contributed by atoms with Crippen molar-refractivity contribution in [3.63, 3.8) is 0 Å². The van der Waals surface area contributed by atoms with Crippen LogP contribution in [0.2, 0.25) is 0 Å². The van der Waals surface area contributed by atoms with Crippen LogP contribution in [0, 0.1) is 0 Å². The lowest BCUT2D eigenvalue weighted by molar-refractivity contribution is 0.267. The fraction of sp³-hybridized carbons (Fsp3) is 0.280. The molecule has 0 unspecified atom stereocenters. The standard InChI is InChI=1S/C25H28BrNO3/c1-3-29-24-16-20(17-27-14-13-21-11-7-8-12-23(21)28-2)15-22(26)25(24)30-18-19-9-5-4-6-10-19/h4-12,15-16,27H,3,13-14,17-18H2,1-2H3. The van der Waals surface area contributed by atoms with Crippen molar-refractivity contribution in [2.45, 2.75) is 26.5 Å². The van der Waals surface area contributed by atoms with E-state index in [-0.39, 0.29) is 0 Å². The van der Waals surface area contributed by atoms with Crippen molar-refractivity contribution in [3.8, 4) is 17.2 Å². The number of methoxy groups -OCH3 is 1. The van der Waals surface area contributed by atoms with Crippen molar-refractivity contribution < 1.29 is 14.2 Å². The molecule has 30 heavy (non-hydrogen) atoms. The Balaban J connectivity index is 1.61. The minimum atomic E-state index is 0.496. The van der Waals surface area contributed by atoms with Gasteiger partial charge in [0.1, 0.15) is 12.4 Å². The molecule has 0 saturated heterocycles. The predicted molar refractivity (Wildman–Crippen MR) is 124 cm³/mol. The average molecular weight is 470 g/mol. The van der Waals surface area contributed by atoms with Crippen LogP contribution < -0.4 is 19.5 Å². The molecular weight excluding hydrogens is 442 g/mol. The van der Waals surface area contributed by atoms with E-state index in [0.717, 1.165) is 52.4 Å². The van der Waals surface area contributed by atoms with Gasteiger partial charge in [0.2, 0.25) is 0 Å². The highest BCUT2D eigenvalue weighted by atomic mass is 79.9. The van der Waals surface area contributed by atoms with Crippen molar-refractivity contribution in [2.75, 3.05) is 20.3 Å². The molecular formula is C25H28BrNO3. The Bertz CT molecular complexity index is 931. The fourth-order valence-electron chi connectivity index (χ4n) is 3.22. The second kappa shape index (κ2) is 11.6. The van der Waals surface area contributed by atoms with Gasteiger partial charge in [0.15, 0.2) is 11.5 Å². The molecule has 0 saturated carbocycles. The molecule has 0 aliphatic carbocycles. The first-order chi connectivity index (χ1) is 14.7. The van der Waals surface area contributed by atoms with E-state index >= 15 is 0 Å². The van der Waals surface area contributed by atoms with Crippen LogP contribution in [0.5, 0.6) is 17.2 Å². The van der Waals surface area contributed by atoms with Crippen LogP contribution in [-0.2, 0) is 19.6 Å². The summed E-state index contributed by atoms with van der Waals surface area (Å²) in [7, 11) is 1.71. The number of hydrogen-bond acceptors (Lipinski definition) is 4. The monoisotopic (exact) mass is 469 g/mol. The summed E-state index contributed by atoms with van der Waals surface area (Å²) in [5.74, 6) is 2.42. The summed E-state index contributed by atoms with van der Waals surface area (Å²) in [6.07, 6.45) is 0.905. The van der Waals surface area contributed by atoms with E-state index in [1.807, 2.05) is 61.5 Å². The van der Waals surface area contributed by atoms with Gasteiger partial charge in [-0.15, -0.1) is 0 Å². The van der Waals surface area contributed by atoms with Gasteiger partial charge in [-0.3, -0.25) is 0 Å². The number of ether oxygens (including phenoxy) is 3. The quantitative estimate of drug-likeness (QED) is 0.362. The molecule has 3 aromatic carbocycles. The molecule has 0 fully saturated rings. The third-order valence-corrected chi connectivity index (χ3v) is 5.28. The zero-order valence-corrected chi connectivity index (χ0v) is 19.1. The van der Waals surface area contributed by atoms with Crippen LogP contribution >= 0.6 is 15.9 Å². The molecule has 5 heteroatoms. The maximum atomic E-state index is 6.06. The number of rotatable bonds is 11. The van der Waals surface area contributed by atoms with Crippen LogP contribution in [0.3, 0.4) is 0 Å². The molecule has 0 aliphatic rings. The second-order valence-electron chi connectivity index (χ2n) is 6.85. The fourth-order valence-corrected chi connectivity index (χ4v) is 3.83. The number of para-hydroxylation sites is 1. The molecule has 0 heterocycles. The number of nitrogens with one attached hydrogen (secondary N) is 1. The van der Waals surface area contributed by atoms with E-state index < -0.39 is 0 Å². The van der Waals surface area contributed by atoms with E-state index in [1.54, 1.807) is 7.11 Å². The highest BCUT2D eigenvalue weighted by molar-refractivity contribution is 9.10. The molecule has 0 bridgehead atoms. The van der Waals surface area contributed by atoms with Gasteiger partial charge in [0, 0.05) is 6.54 Å². The predicted octanol–water partition coefficient (Wildman–Crippen LogP) is 5.77. The normalized spacial score (nSPS) is 10.6. The van der Waals surface area contributed by atoms with Crippen LogP contribution in [-0.4, -0.2) is 20.3 Å². The maximum absolute atomic E-state index is 6.06. The third-order valence-electron chi connectivity index (χ3n) is 4.69. The summed E-state index contributed by atoms with van der Waals surface area (Å²) >= 11 is 3.66. The van der Waals surface area contributed by atoms with E-state index in [2.05, 4.69) is 33.4 Å². The van der Waals surface area contributed by atoms with Crippen molar-refractivity contribution in [2.24, 2.45) is 0 Å². The highest BCUT2D eigenvalue weighted by Crippen LogP contribution is 2.37. The van der Waals surface area contributed by atoms with Crippen molar-refractivity contribution in [1.82, 2.24) is 5.32 Å². The summed E-state index contributed by atoms with van der Waals surface area (Å²) in [5.41, 5.74) is 3.46. The minimum absolute atomic E-state index is 0.496. The molecule has 0 atom stereocenters. The van der Waals surface area contributed by atoms with Crippen LogP contribution in [0.4, 0.5) is 0 Å². The Morgan fingerprint density at radius 3 is 2.40 bits per heavy atom. The van der Waals surface area contributed by atoms with Gasteiger partial charge < -0.3 is 19.5 Å². The molecule has 0 spiro atoms. The third kappa shape index (κ3) is 6.25. The lowest BCUT2D eigenvalue weighted by Crippen LogP contribution is -2.17. The SMILES string of the molecule is CCOc1cc(CNCCc2ccccc2OC)cc(Br)c1OCc1ccccc1. The summed E-state index contributed by atoms with van der Waals surface area (Å²) in [5, 5.41) is 3.50. The summed E-state index contributed by atoms with van der Waals surface area (Å²) < 4.78 is 18.2. The van der Waals surface area contributed by atoms with Crippen LogP contribution in [0.15, 0.2) is 71.2 Å². The van der Waals surface area contributed by atoms with Crippen LogP contribution in [0.25, 0.3) is 0 Å². The summed E-state index contributed by atoms with van der Waals surface area (Å²) in [6, 6.07) is 22.4. The Labute approximate surface area is 187 Å². The molecule has 0 aliphatic heterocycles. The van der Waals surface area contributed by atoms with Crippen molar-refractivity contribution in [3.05, 3.63) is 87.9 Å². The van der Waals surface area contributed by atoms with Crippen molar-refractivity contribution in [1.29, 1.82) is 0 Å². The highest BCUT2D eigenvalue weighted by Gasteiger charge is 2.13. The maximum Gasteiger partial charge on any atom is 0.175 e. The smallest absolute Gasteiger partial charge is 0.175 e. The van der Waals surface area contributed by atoms with Crippen LogP contribution in [0.1, 0.15) is 23.6 Å². The van der Waals surface area contributed by atoms with E-state index in [0.29, 0.717) is 13.2 Å². The number of halogens is 1. The van der Waals surface area contributed by atoms with E-state index in [9.17, 15) is 0 Å². The average Bonchev–Trinajstić information content (AvgIpc) is 2.77. The molecule has 0 aromatic heterocycles. The van der Waals surface area contributed by atoms with Gasteiger partial charge in [0.05, 0.1) is 18.2 Å². The molecule has 0 radical (unpaired) electrons. The molecule has 0 amide bonds. The lowest BCUT2D eigenvalue weighted by Gasteiger charge is -2.16. The van der Waals surface area contributed by atoms with Gasteiger partial charge in [0.25, 0.3) is 0 Å². The summed E-state index contributed by atoms with van der Waals surface area (Å²) in [4.78, 5) is 0. The zero-order valence-electron chi connectivity index (χ0n) is 17.5. The van der Waals surface area contributed by atoms with Gasteiger partial charge in [-0.25, -0.2) is 0 Å². The molecule has 158 valence electrons. The first-order valence-electron chi connectivity index (χ1n) is 10.2. The molecule has 3 rings (SSSR count). The Morgan fingerprint density at radius 1 is 0.867 bits per heavy atom. The number of benzene rings is 3. The molecule has 4 nitrogen and oxygen atoms in total. The van der Waals surface area contributed by atoms with Gasteiger partial charge in [-0.1, -0.05) is 48.5 Å². The molecule has 3 aromatic rings. The van der Waals surface area contributed by atoms with Gasteiger partial charge in [-0.05, 0) is 70.7 Å². The first kappa shape index (κ1) is 22.2. The lowest BCUT2D eigenvalue weighted by atomic mass is 10.1. The Hall–Kier alpha value is -2.50. The van der Waals surface area contributed by atoms with Crippen molar-refractivity contribution >= 4 is 15.9 Å². The van der Waals surface area contributed by atoms with Gasteiger partial charge >= 0.3 is 0 Å². The Morgan fingerprint density at radius 2 is 1.63 bits per heavy atom. The zero-order chi connectivity index (χ0) is 21.2. The Kier molecular flexibility index (Phi) is 8.60. The summed E-state index contributed by atoms with van der Waals surface area (Å²) in [6.45, 7) is 4.66. The van der Waals surface area contributed by atoms with E-state index in [4.69, 9.17) is 14.2 Å². The first-order valence-corrected chi connectivity index (χ1v) is 10.9. The minimum Gasteiger partial charge on any atom is -0.496 e. The number of hydrogen-bond donors (Lipinski definition) is 1.